The lowest BCUT2D eigenvalue weighted by Crippen LogP contribution is -2.42. The highest BCUT2D eigenvalue weighted by Gasteiger charge is 2.66. The monoisotopic (exact) mass is 309 g/mol. The summed E-state index contributed by atoms with van der Waals surface area (Å²) in [5.74, 6) is 0. The number of hydrogen-bond acceptors (Lipinski definition) is 4. The fourth-order valence-corrected chi connectivity index (χ4v) is 2.55. The van der Waals surface area contributed by atoms with Crippen LogP contribution in [0.2, 0.25) is 0 Å². The van der Waals surface area contributed by atoms with Gasteiger partial charge in [0.15, 0.2) is 0 Å². The van der Waals surface area contributed by atoms with Gasteiger partial charge >= 0.3 is 19.6 Å². The summed E-state index contributed by atoms with van der Waals surface area (Å²) in [6, 6.07) is 3.72. The molecule has 0 unspecified atom stereocenters. The first-order chi connectivity index (χ1) is 7.58. The number of thioether (sulfide) groups is 1. The Morgan fingerprint density at radius 3 is 2.24 bits per heavy atom. The Kier molecular flexibility index (Phi) is 3.94. The van der Waals surface area contributed by atoms with Crippen LogP contribution in [-0.2, 0) is 9.05 Å². The largest absolute Gasteiger partial charge is 0.431 e. The van der Waals surface area contributed by atoms with Crippen molar-refractivity contribution in [1.82, 2.24) is 4.98 Å². The Morgan fingerprint density at radius 1 is 1.24 bits per heavy atom. The van der Waals surface area contributed by atoms with Crippen molar-refractivity contribution >= 4 is 31.5 Å². The van der Waals surface area contributed by atoms with Crippen LogP contribution in [0.3, 0.4) is 0 Å². The topological polar surface area (TPSA) is 47.0 Å². The van der Waals surface area contributed by atoms with Crippen molar-refractivity contribution in [3.63, 3.8) is 0 Å². The van der Waals surface area contributed by atoms with E-state index in [1.54, 1.807) is 0 Å². The van der Waals surface area contributed by atoms with Crippen molar-refractivity contribution in [1.29, 1.82) is 0 Å². The van der Waals surface area contributed by atoms with Crippen molar-refractivity contribution < 1.29 is 26.0 Å². The Bertz CT molecular complexity index is 494. The van der Waals surface area contributed by atoms with Crippen LogP contribution in [0.25, 0.3) is 0 Å². The maximum absolute atomic E-state index is 13.1. The smallest absolute Gasteiger partial charge is 0.250 e. The molecule has 17 heavy (non-hydrogen) atoms. The highest BCUT2D eigenvalue weighted by molar-refractivity contribution is 8.15. The second-order valence-electron chi connectivity index (χ2n) is 2.74. The number of aromatic nitrogens is 1. The maximum atomic E-state index is 13.1. The van der Waals surface area contributed by atoms with E-state index in [9.17, 15) is 26.0 Å². The molecule has 0 atom stereocenters. The minimum absolute atomic E-state index is 0.447. The number of pyridine rings is 1. The Labute approximate surface area is 103 Å². The van der Waals surface area contributed by atoms with Crippen molar-refractivity contribution in [2.24, 2.45) is 0 Å². The third kappa shape index (κ3) is 3.02. The van der Waals surface area contributed by atoms with Crippen molar-refractivity contribution in [2.45, 2.75) is 15.5 Å². The van der Waals surface area contributed by atoms with Crippen molar-refractivity contribution in [3.8, 4) is 0 Å². The quantitative estimate of drug-likeness (QED) is 0.487. The van der Waals surface area contributed by atoms with E-state index < -0.39 is 36.3 Å². The van der Waals surface area contributed by atoms with E-state index in [1.165, 1.54) is 12.1 Å². The molecule has 0 spiro atoms. The summed E-state index contributed by atoms with van der Waals surface area (Å²) in [4.78, 5) is 3.37. The van der Waals surface area contributed by atoms with Gasteiger partial charge in [-0.2, -0.15) is 17.6 Å². The zero-order valence-corrected chi connectivity index (χ0v) is 10.2. The van der Waals surface area contributed by atoms with Crippen LogP contribution in [0.4, 0.5) is 17.6 Å². The van der Waals surface area contributed by atoms with Crippen LogP contribution in [0.5, 0.6) is 0 Å². The second-order valence-corrected chi connectivity index (χ2v) is 6.48. The molecule has 0 radical (unpaired) electrons. The number of hydrogen-bond donors (Lipinski definition) is 0. The minimum atomic E-state index is -5.74. The molecule has 1 heterocycles. The van der Waals surface area contributed by atoms with Gasteiger partial charge in [-0.05, 0) is 23.9 Å². The molecule has 0 aromatic carbocycles. The van der Waals surface area contributed by atoms with E-state index >= 15 is 0 Å². The fraction of sp³-hybridized carbons (Fsp3) is 0.286. The van der Waals surface area contributed by atoms with Gasteiger partial charge in [-0.1, -0.05) is 6.07 Å². The lowest BCUT2D eigenvalue weighted by molar-refractivity contribution is -0.0887. The van der Waals surface area contributed by atoms with E-state index in [0.29, 0.717) is 0 Å². The number of alkyl halides is 4. The Hall–Kier alpha value is -0.540. The third-order valence-electron chi connectivity index (χ3n) is 1.52. The van der Waals surface area contributed by atoms with Crippen molar-refractivity contribution in [3.05, 3.63) is 24.4 Å². The predicted molar refractivity (Wildman–Crippen MR) is 54.8 cm³/mol. The number of rotatable bonds is 4. The summed E-state index contributed by atoms with van der Waals surface area (Å²) in [5.41, 5.74) is 0. The van der Waals surface area contributed by atoms with E-state index in [1.807, 2.05) is 0 Å². The van der Waals surface area contributed by atoms with Gasteiger partial charge in [-0.15, -0.1) is 0 Å². The van der Waals surface area contributed by atoms with Crippen LogP contribution >= 0.6 is 22.4 Å². The molecule has 0 amide bonds. The minimum Gasteiger partial charge on any atom is -0.250 e. The molecule has 3 nitrogen and oxygen atoms in total. The third-order valence-corrected chi connectivity index (χ3v) is 4.06. The molecule has 0 saturated carbocycles. The van der Waals surface area contributed by atoms with Crippen LogP contribution < -0.4 is 0 Å². The molecule has 1 rings (SSSR count). The molecule has 0 bridgehead atoms. The van der Waals surface area contributed by atoms with Crippen LogP contribution in [0.15, 0.2) is 29.4 Å². The van der Waals surface area contributed by atoms with E-state index in [2.05, 4.69) is 15.7 Å². The number of nitrogens with zero attached hydrogens (tertiary/aromatic N) is 1. The molecule has 0 N–H and O–H groups in total. The van der Waals surface area contributed by atoms with Gasteiger partial charge in [-0.25, -0.2) is 13.4 Å². The van der Waals surface area contributed by atoms with Gasteiger partial charge < -0.3 is 0 Å². The lowest BCUT2D eigenvalue weighted by Gasteiger charge is -2.22. The molecule has 1 aromatic heterocycles. The van der Waals surface area contributed by atoms with E-state index in [4.69, 9.17) is 0 Å². The Morgan fingerprint density at radius 2 is 1.82 bits per heavy atom. The first-order valence-corrected chi connectivity index (χ1v) is 7.00. The van der Waals surface area contributed by atoms with Gasteiger partial charge in [0.05, 0.1) is 0 Å². The fourth-order valence-electron chi connectivity index (χ4n) is 0.740. The summed E-state index contributed by atoms with van der Waals surface area (Å²) in [6.07, 6.45) is 1.10. The van der Waals surface area contributed by atoms with Crippen molar-refractivity contribution in [2.75, 3.05) is 0 Å². The summed E-state index contributed by atoms with van der Waals surface area (Å²) >= 11 is -0.678. The second kappa shape index (κ2) is 4.62. The molecule has 0 saturated heterocycles. The lowest BCUT2D eigenvalue weighted by atomic mass is 10.5. The van der Waals surface area contributed by atoms with Crippen LogP contribution in [-0.4, -0.2) is 23.9 Å². The number of halogens is 5. The predicted octanol–water partition coefficient (Wildman–Crippen LogP) is 2.93. The normalized spacial score (nSPS) is 13.7. The molecule has 10 heteroatoms. The van der Waals surface area contributed by atoms with E-state index in [-0.39, 0.29) is 0 Å². The molecule has 0 aliphatic carbocycles. The SMILES string of the molecule is O=S(=O)(Cl)C(F)(F)C(F)(F)Sc1ccccn1. The van der Waals surface area contributed by atoms with Gasteiger partial charge in [0.1, 0.15) is 5.03 Å². The Balaban J connectivity index is 3.05. The first-order valence-electron chi connectivity index (χ1n) is 3.88. The van der Waals surface area contributed by atoms with Gasteiger partial charge in [0, 0.05) is 16.9 Å². The standard InChI is InChI=1S/C7H4ClF4NO2S2/c8-17(14,15)7(11,12)6(9,10)16-5-3-1-2-4-13-5/h1-4H. The van der Waals surface area contributed by atoms with Gasteiger partial charge in [0.25, 0.3) is 0 Å². The highest BCUT2D eigenvalue weighted by Crippen LogP contribution is 2.49. The highest BCUT2D eigenvalue weighted by atomic mass is 35.7. The molecule has 96 valence electrons. The average Bonchev–Trinajstić information content (AvgIpc) is 2.16. The van der Waals surface area contributed by atoms with Crippen LogP contribution in [0.1, 0.15) is 0 Å². The van der Waals surface area contributed by atoms with Crippen LogP contribution in [0, 0.1) is 0 Å². The molecule has 1 aromatic rings. The first kappa shape index (κ1) is 14.5. The van der Waals surface area contributed by atoms with Gasteiger partial charge in [0.2, 0.25) is 0 Å². The average molecular weight is 310 g/mol. The zero-order chi connectivity index (χ0) is 13.3. The zero-order valence-electron chi connectivity index (χ0n) is 7.78. The summed E-state index contributed by atoms with van der Waals surface area (Å²) < 4.78 is 72.7. The molecule has 0 fully saturated rings. The maximum Gasteiger partial charge on any atom is 0.431 e. The molecular formula is C7H4ClF4NO2S2. The molecule has 0 aliphatic heterocycles. The van der Waals surface area contributed by atoms with E-state index in [0.717, 1.165) is 12.3 Å². The molecule has 0 aliphatic rings. The molecular weight excluding hydrogens is 306 g/mol. The van der Waals surface area contributed by atoms with Gasteiger partial charge in [-0.3, -0.25) is 0 Å². The summed E-state index contributed by atoms with van der Waals surface area (Å²) in [7, 11) is -1.46. The summed E-state index contributed by atoms with van der Waals surface area (Å²) in [6.45, 7) is 0. The summed E-state index contributed by atoms with van der Waals surface area (Å²) in [5, 5.41) is -10.7.